The summed E-state index contributed by atoms with van der Waals surface area (Å²) in [6, 6.07) is 2.82. The number of thioether (sulfide) groups is 1. The summed E-state index contributed by atoms with van der Waals surface area (Å²) in [6.07, 6.45) is -7.82. The van der Waals surface area contributed by atoms with Crippen molar-refractivity contribution in [2.24, 2.45) is 11.8 Å². The number of carboxylic acid groups (broad SMARTS) is 1. The maximum Gasteiger partial charge on any atom is 0.416 e. The monoisotopic (exact) mass is 752 g/mol. The van der Waals surface area contributed by atoms with E-state index in [2.05, 4.69) is 15.3 Å². The average molecular weight is 753 g/mol. The normalized spacial score (nSPS) is 17.5. The van der Waals surface area contributed by atoms with Crippen LogP contribution in [0.2, 0.25) is 0 Å². The van der Waals surface area contributed by atoms with Crippen molar-refractivity contribution >= 4 is 29.4 Å². The summed E-state index contributed by atoms with van der Waals surface area (Å²) >= 11 is 1.51. The van der Waals surface area contributed by atoms with Crippen molar-refractivity contribution in [3.63, 3.8) is 0 Å². The SMILES string of the molecule is CSCCOc1cnc(N(Cc2cc(C(F)(F)F)ccc2NCC2CCC(CC(=O)O)CC2)[C@H](C)c2cc(C(F)(F)F)cc(C(F)(F)F)c2)nc1. The van der Waals surface area contributed by atoms with E-state index in [0.29, 0.717) is 56.7 Å². The first kappa shape index (κ1) is 39.9. The lowest BCUT2D eigenvalue weighted by atomic mass is 9.80. The van der Waals surface area contributed by atoms with Crippen molar-refractivity contribution in [1.82, 2.24) is 9.97 Å². The van der Waals surface area contributed by atoms with Crippen LogP contribution in [0.4, 0.5) is 51.1 Å². The Hall–Kier alpha value is -3.89. The second kappa shape index (κ2) is 16.6. The molecule has 4 rings (SSSR count). The van der Waals surface area contributed by atoms with Crippen molar-refractivity contribution in [3.8, 4) is 5.75 Å². The largest absolute Gasteiger partial charge is 0.489 e. The topological polar surface area (TPSA) is 87.6 Å². The summed E-state index contributed by atoms with van der Waals surface area (Å²) < 4.78 is 130. The number of halogens is 9. The molecule has 2 N–H and O–H groups in total. The molecule has 51 heavy (non-hydrogen) atoms. The van der Waals surface area contributed by atoms with E-state index in [1.807, 2.05) is 6.26 Å². The minimum absolute atomic E-state index is 0.00174. The summed E-state index contributed by atoms with van der Waals surface area (Å²) in [7, 11) is 0. The lowest BCUT2D eigenvalue weighted by Crippen LogP contribution is -2.30. The van der Waals surface area contributed by atoms with Gasteiger partial charge in [-0.2, -0.15) is 51.3 Å². The van der Waals surface area contributed by atoms with Crippen LogP contribution in [0.1, 0.15) is 72.9 Å². The van der Waals surface area contributed by atoms with Gasteiger partial charge in [0.2, 0.25) is 5.95 Å². The smallest absolute Gasteiger partial charge is 0.416 e. The first-order valence-corrected chi connectivity index (χ1v) is 17.4. The molecule has 0 spiro atoms. The number of hydrogen-bond donors (Lipinski definition) is 2. The molecular weight excluding hydrogens is 715 g/mol. The highest BCUT2D eigenvalue weighted by molar-refractivity contribution is 7.98. The maximum absolute atomic E-state index is 13.9. The number of benzene rings is 2. The Kier molecular flexibility index (Phi) is 13.0. The molecule has 0 aliphatic heterocycles. The fraction of sp³-hybridized carbons (Fsp3) is 0.500. The Labute approximate surface area is 293 Å². The molecule has 3 aromatic rings. The predicted molar refractivity (Wildman–Crippen MR) is 175 cm³/mol. The zero-order valence-electron chi connectivity index (χ0n) is 27.6. The zero-order chi connectivity index (χ0) is 37.6. The number of nitrogens with zero attached hydrogens (tertiary/aromatic N) is 3. The molecule has 1 heterocycles. The molecule has 1 aliphatic carbocycles. The Morgan fingerprint density at radius 1 is 0.902 bits per heavy atom. The molecule has 0 bridgehead atoms. The second-order valence-electron chi connectivity index (χ2n) is 12.4. The molecule has 1 aliphatic rings. The Morgan fingerprint density at radius 3 is 2.00 bits per heavy atom. The van der Waals surface area contributed by atoms with Crippen LogP contribution in [0.5, 0.6) is 5.75 Å². The van der Waals surface area contributed by atoms with Gasteiger partial charge in [0, 0.05) is 31.0 Å². The van der Waals surface area contributed by atoms with Gasteiger partial charge in [-0.05, 0) is 98.2 Å². The summed E-state index contributed by atoms with van der Waals surface area (Å²) in [5.74, 6) is -0.0631. The Morgan fingerprint density at radius 2 is 1.47 bits per heavy atom. The summed E-state index contributed by atoms with van der Waals surface area (Å²) in [4.78, 5) is 20.8. The molecule has 1 aromatic heterocycles. The van der Waals surface area contributed by atoms with E-state index in [1.54, 1.807) is 0 Å². The highest BCUT2D eigenvalue weighted by atomic mass is 32.2. The molecule has 0 saturated heterocycles. The van der Waals surface area contributed by atoms with Crippen LogP contribution >= 0.6 is 11.8 Å². The van der Waals surface area contributed by atoms with E-state index >= 15 is 0 Å². The molecule has 17 heteroatoms. The van der Waals surface area contributed by atoms with E-state index in [-0.39, 0.29) is 47.3 Å². The highest BCUT2D eigenvalue weighted by Crippen LogP contribution is 2.40. The fourth-order valence-corrected chi connectivity index (χ4v) is 6.20. The first-order chi connectivity index (χ1) is 23.8. The van der Waals surface area contributed by atoms with Gasteiger partial charge in [0.05, 0.1) is 41.7 Å². The van der Waals surface area contributed by atoms with Crippen molar-refractivity contribution in [1.29, 1.82) is 0 Å². The second-order valence-corrected chi connectivity index (χ2v) is 13.4. The number of alkyl halides is 9. The van der Waals surface area contributed by atoms with Gasteiger partial charge in [0.1, 0.15) is 0 Å². The van der Waals surface area contributed by atoms with Gasteiger partial charge in [0.25, 0.3) is 0 Å². The molecule has 7 nitrogen and oxygen atoms in total. The van der Waals surface area contributed by atoms with E-state index in [0.717, 1.165) is 12.1 Å². The molecule has 280 valence electrons. The quantitative estimate of drug-likeness (QED) is 0.124. The predicted octanol–water partition coefficient (Wildman–Crippen LogP) is 9.74. The van der Waals surface area contributed by atoms with Crippen LogP contribution in [-0.2, 0) is 29.9 Å². The molecular formula is C34H37F9N4O3S. The van der Waals surface area contributed by atoms with Crippen LogP contribution in [-0.4, -0.2) is 46.2 Å². The third-order valence-corrected chi connectivity index (χ3v) is 9.35. The third kappa shape index (κ3) is 11.3. The van der Waals surface area contributed by atoms with E-state index in [9.17, 15) is 44.3 Å². The van der Waals surface area contributed by atoms with E-state index in [4.69, 9.17) is 9.84 Å². The lowest BCUT2D eigenvalue weighted by Gasteiger charge is -2.32. The van der Waals surface area contributed by atoms with Crippen LogP contribution in [0, 0.1) is 11.8 Å². The number of aromatic nitrogens is 2. The number of nitrogens with one attached hydrogen (secondary N) is 1. The maximum atomic E-state index is 13.9. The van der Waals surface area contributed by atoms with Crippen molar-refractivity contribution in [2.75, 3.05) is 35.4 Å². The molecule has 2 aromatic carbocycles. The molecule has 1 saturated carbocycles. The number of anilines is 2. The number of carbonyl (C=O) groups is 1. The van der Waals surface area contributed by atoms with Crippen molar-refractivity contribution in [3.05, 3.63) is 76.6 Å². The van der Waals surface area contributed by atoms with Crippen molar-refractivity contribution in [2.45, 2.75) is 70.1 Å². The number of carboxylic acids is 1. The summed E-state index contributed by atoms with van der Waals surface area (Å²) in [6.45, 7) is 1.52. The minimum Gasteiger partial charge on any atom is -0.489 e. The number of ether oxygens (including phenoxy) is 1. The van der Waals surface area contributed by atoms with Gasteiger partial charge in [-0.1, -0.05) is 0 Å². The molecule has 0 amide bonds. The molecule has 0 unspecified atom stereocenters. The van der Waals surface area contributed by atoms with Gasteiger partial charge in [-0.25, -0.2) is 9.97 Å². The molecule has 0 radical (unpaired) electrons. The lowest BCUT2D eigenvalue weighted by molar-refractivity contribution is -0.143. The number of rotatable bonds is 14. The van der Waals surface area contributed by atoms with Gasteiger partial charge < -0.3 is 20.1 Å². The standard InChI is InChI=1S/C34H37F9N4O3S/c1-20(23-12-26(33(38,39)40)15-27(13-23)34(41,42)43)47(31-45-17-28(18-46-31)50-9-10-51-2)19-24-14-25(32(35,36)37)7-8-29(24)44-16-22-5-3-21(4-6-22)11-30(48)49/h7-8,12-15,17-18,20-22,44H,3-6,9-11,16,19H2,1-2H3,(H,48,49)/t20-,21?,22?/m1/s1. The average Bonchev–Trinajstić information content (AvgIpc) is 3.05. The van der Waals surface area contributed by atoms with Gasteiger partial charge in [-0.15, -0.1) is 0 Å². The summed E-state index contributed by atoms with van der Waals surface area (Å²) in [5.41, 5.74) is -4.20. The summed E-state index contributed by atoms with van der Waals surface area (Å²) in [5, 5.41) is 12.3. The fourth-order valence-electron chi connectivity index (χ4n) is 5.95. The highest BCUT2D eigenvalue weighted by Gasteiger charge is 2.38. The van der Waals surface area contributed by atoms with Gasteiger partial charge in [0.15, 0.2) is 5.75 Å². The minimum atomic E-state index is -5.13. The zero-order valence-corrected chi connectivity index (χ0v) is 28.4. The van der Waals surface area contributed by atoms with E-state index < -0.39 is 59.3 Å². The third-order valence-electron chi connectivity index (χ3n) is 8.77. The van der Waals surface area contributed by atoms with Crippen LogP contribution in [0.15, 0.2) is 48.8 Å². The van der Waals surface area contributed by atoms with Gasteiger partial charge in [-0.3, -0.25) is 4.79 Å². The Bertz CT molecular complexity index is 1580. The molecule has 1 atom stereocenters. The van der Waals surface area contributed by atoms with Crippen LogP contribution in [0.3, 0.4) is 0 Å². The molecule has 1 fully saturated rings. The van der Waals surface area contributed by atoms with Gasteiger partial charge >= 0.3 is 24.5 Å². The van der Waals surface area contributed by atoms with Crippen molar-refractivity contribution < 1.29 is 54.2 Å². The number of aliphatic carboxylic acids is 1. The Balaban J connectivity index is 1.73. The van der Waals surface area contributed by atoms with Crippen LogP contribution < -0.4 is 15.0 Å². The van der Waals surface area contributed by atoms with E-state index in [1.165, 1.54) is 42.0 Å². The first-order valence-electron chi connectivity index (χ1n) is 16.0. The van der Waals surface area contributed by atoms with Crippen LogP contribution in [0.25, 0.3) is 0 Å². The number of hydrogen-bond acceptors (Lipinski definition) is 7.